The first-order valence-electron chi connectivity index (χ1n) is 5.22. The lowest BCUT2D eigenvalue weighted by molar-refractivity contribution is 0.0834. The molecule has 4 nitrogen and oxygen atoms in total. The number of hydrogen-bond acceptors (Lipinski definition) is 2. The van der Waals surface area contributed by atoms with Gasteiger partial charge in [0.05, 0.1) is 6.61 Å². The van der Waals surface area contributed by atoms with Crippen molar-refractivity contribution in [2.24, 2.45) is 5.92 Å². The van der Waals surface area contributed by atoms with Gasteiger partial charge in [0.1, 0.15) is 0 Å². The quantitative estimate of drug-likeness (QED) is 0.677. The lowest BCUT2D eigenvalue weighted by Crippen LogP contribution is -2.41. The molecule has 81 valence electrons. The molecule has 0 aromatic heterocycles. The van der Waals surface area contributed by atoms with Gasteiger partial charge in [-0.3, -0.25) is 5.73 Å². The van der Waals surface area contributed by atoms with Crippen LogP contribution in [0, 0.1) is 5.92 Å². The minimum atomic E-state index is -0.217. The third-order valence-corrected chi connectivity index (χ3v) is 2.29. The first-order chi connectivity index (χ1) is 6.59. The number of amides is 1. The van der Waals surface area contributed by atoms with Crippen LogP contribution < -0.4 is 5.73 Å². The Hall–Kier alpha value is -0.770. The van der Waals surface area contributed by atoms with Gasteiger partial charge >= 0.3 is 6.09 Å². The fourth-order valence-electron chi connectivity index (χ4n) is 1.39. The maximum absolute atomic E-state index is 11.5. The summed E-state index contributed by atoms with van der Waals surface area (Å²) in [6.45, 7) is 5.86. The Balaban J connectivity index is 2.24. The van der Waals surface area contributed by atoms with Crippen LogP contribution in [0.25, 0.3) is 0 Å². The Kier molecular flexibility index (Phi) is 4.20. The minimum absolute atomic E-state index is 0.00384. The summed E-state index contributed by atoms with van der Waals surface area (Å²) in [5.74, 6) is 0.382. The SMILES string of the molecule is CC(C)COC(=O)N1CCC([NH])CC1. The van der Waals surface area contributed by atoms with Gasteiger partial charge in [-0.05, 0) is 18.8 Å². The largest absolute Gasteiger partial charge is 0.449 e. The Morgan fingerprint density at radius 3 is 2.57 bits per heavy atom. The van der Waals surface area contributed by atoms with E-state index >= 15 is 0 Å². The van der Waals surface area contributed by atoms with Crippen molar-refractivity contribution in [1.82, 2.24) is 10.6 Å². The minimum Gasteiger partial charge on any atom is -0.449 e. The molecule has 0 spiro atoms. The fraction of sp³-hybridized carbons (Fsp3) is 0.900. The first-order valence-corrected chi connectivity index (χ1v) is 5.22. The smallest absolute Gasteiger partial charge is 0.409 e. The predicted molar refractivity (Wildman–Crippen MR) is 53.9 cm³/mol. The highest BCUT2D eigenvalue weighted by Crippen LogP contribution is 2.10. The van der Waals surface area contributed by atoms with Crippen LogP contribution in [0.2, 0.25) is 0 Å². The van der Waals surface area contributed by atoms with Crippen LogP contribution in [0.15, 0.2) is 0 Å². The highest BCUT2D eigenvalue weighted by atomic mass is 16.6. The summed E-state index contributed by atoms with van der Waals surface area (Å²) in [5, 5.41) is 0. The number of nitrogens with one attached hydrogen (secondary N) is 1. The maximum Gasteiger partial charge on any atom is 0.409 e. The van der Waals surface area contributed by atoms with Gasteiger partial charge in [-0.15, -0.1) is 0 Å². The lowest BCUT2D eigenvalue weighted by atomic mass is 10.1. The molecule has 4 heteroatoms. The third kappa shape index (κ3) is 3.54. The van der Waals surface area contributed by atoms with E-state index in [9.17, 15) is 4.79 Å². The van der Waals surface area contributed by atoms with E-state index in [0.29, 0.717) is 25.6 Å². The summed E-state index contributed by atoms with van der Waals surface area (Å²) in [4.78, 5) is 13.2. The number of rotatable bonds is 2. The zero-order valence-corrected chi connectivity index (χ0v) is 8.95. The second-order valence-corrected chi connectivity index (χ2v) is 4.23. The molecule has 1 saturated heterocycles. The van der Waals surface area contributed by atoms with E-state index in [4.69, 9.17) is 10.5 Å². The van der Waals surface area contributed by atoms with Crippen molar-refractivity contribution in [2.75, 3.05) is 19.7 Å². The molecule has 1 rings (SSSR count). The summed E-state index contributed by atoms with van der Waals surface area (Å²) in [6, 6.07) is 0.00384. The van der Waals surface area contributed by atoms with Gasteiger partial charge in [0.25, 0.3) is 0 Å². The molecule has 0 bridgehead atoms. The number of nitrogens with zero attached hydrogens (tertiary/aromatic N) is 1. The molecule has 1 radical (unpaired) electrons. The van der Waals surface area contributed by atoms with Gasteiger partial charge in [-0.25, -0.2) is 4.79 Å². The number of likely N-dealkylation sites (tertiary alicyclic amines) is 1. The van der Waals surface area contributed by atoms with Crippen LogP contribution in [0.5, 0.6) is 0 Å². The number of carbonyl (C=O) groups excluding carboxylic acids is 1. The van der Waals surface area contributed by atoms with Gasteiger partial charge in [-0.1, -0.05) is 13.8 Å². The Morgan fingerprint density at radius 2 is 2.07 bits per heavy atom. The van der Waals surface area contributed by atoms with Crippen molar-refractivity contribution < 1.29 is 9.53 Å². The van der Waals surface area contributed by atoms with E-state index < -0.39 is 0 Å². The summed E-state index contributed by atoms with van der Waals surface area (Å²) >= 11 is 0. The van der Waals surface area contributed by atoms with Crippen molar-refractivity contribution >= 4 is 6.09 Å². The van der Waals surface area contributed by atoms with Crippen LogP contribution in [-0.4, -0.2) is 36.7 Å². The highest BCUT2D eigenvalue weighted by molar-refractivity contribution is 5.67. The van der Waals surface area contributed by atoms with Gasteiger partial charge in [0.15, 0.2) is 0 Å². The highest BCUT2D eigenvalue weighted by Gasteiger charge is 2.21. The normalized spacial score (nSPS) is 18.7. The zero-order valence-electron chi connectivity index (χ0n) is 8.95. The maximum atomic E-state index is 11.5. The molecule has 1 aliphatic heterocycles. The van der Waals surface area contributed by atoms with Gasteiger partial charge in [0.2, 0.25) is 0 Å². The third-order valence-electron chi connectivity index (χ3n) is 2.29. The number of hydrogen-bond donors (Lipinski definition) is 0. The van der Waals surface area contributed by atoms with Crippen molar-refractivity contribution in [2.45, 2.75) is 32.7 Å². The second-order valence-electron chi connectivity index (χ2n) is 4.23. The second kappa shape index (κ2) is 5.20. The summed E-state index contributed by atoms with van der Waals surface area (Å²) in [7, 11) is 0. The number of ether oxygens (including phenoxy) is 1. The molecule has 14 heavy (non-hydrogen) atoms. The molecule has 0 aliphatic carbocycles. The molecule has 1 aliphatic rings. The van der Waals surface area contributed by atoms with Crippen LogP contribution in [0.3, 0.4) is 0 Å². The van der Waals surface area contributed by atoms with Gasteiger partial charge in [-0.2, -0.15) is 0 Å². The molecule has 0 aromatic carbocycles. The standard InChI is InChI=1S/C10H19N2O2/c1-8(2)7-14-10(13)12-5-3-9(11)4-6-12/h8-9,11H,3-7H2,1-2H3. The first kappa shape index (κ1) is 11.3. The van der Waals surface area contributed by atoms with E-state index in [1.165, 1.54) is 0 Å². The Bertz CT molecular complexity index is 187. The van der Waals surface area contributed by atoms with Crippen LogP contribution in [0.1, 0.15) is 26.7 Å². The summed E-state index contributed by atoms with van der Waals surface area (Å²) < 4.78 is 5.10. The summed E-state index contributed by atoms with van der Waals surface area (Å²) in [5.41, 5.74) is 7.49. The van der Waals surface area contributed by atoms with Crippen molar-refractivity contribution in [3.8, 4) is 0 Å². The fourth-order valence-corrected chi connectivity index (χ4v) is 1.39. The van der Waals surface area contributed by atoms with Crippen molar-refractivity contribution in [1.29, 1.82) is 0 Å². The molecule has 0 saturated carbocycles. The van der Waals surface area contributed by atoms with Crippen molar-refractivity contribution in [3.05, 3.63) is 0 Å². The molecular weight excluding hydrogens is 180 g/mol. The monoisotopic (exact) mass is 199 g/mol. The molecule has 1 amide bonds. The van der Waals surface area contributed by atoms with E-state index in [1.54, 1.807) is 4.90 Å². The number of carbonyl (C=O) groups is 1. The van der Waals surface area contributed by atoms with Gasteiger partial charge < -0.3 is 9.64 Å². The molecule has 1 heterocycles. The zero-order chi connectivity index (χ0) is 10.6. The van der Waals surface area contributed by atoms with E-state index in [-0.39, 0.29) is 12.1 Å². The van der Waals surface area contributed by atoms with Crippen LogP contribution >= 0.6 is 0 Å². The molecule has 0 atom stereocenters. The van der Waals surface area contributed by atoms with Crippen molar-refractivity contribution in [3.63, 3.8) is 0 Å². The van der Waals surface area contributed by atoms with E-state index in [0.717, 1.165) is 12.8 Å². The topological polar surface area (TPSA) is 53.3 Å². The molecule has 1 fully saturated rings. The molecular formula is C10H19N2O2. The Morgan fingerprint density at radius 1 is 1.50 bits per heavy atom. The summed E-state index contributed by atoms with van der Waals surface area (Å²) in [6.07, 6.45) is 1.33. The average Bonchev–Trinajstić information content (AvgIpc) is 2.15. The van der Waals surface area contributed by atoms with E-state index in [2.05, 4.69) is 0 Å². The molecule has 0 unspecified atom stereocenters. The van der Waals surface area contributed by atoms with Gasteiger partial charge in [0, 0.05) is 19.1 Å². The lowest BCUT2D eigenvalue weighted by Gasteiger charge is -2.29. The number of piperidine rings is 1. The van der Waals surface area contributed by atoms with E-state index in [1.807, 2.05) is 13.8 Å². The average molecular weight is 199 g/mol. The molecule has 1 N–H and O–H groups in total. The molecule has 0 aromatic rings. The predicted octanol–water partition coefficient (Wildman–Crippen LogP) is 1.53. The Labute approximate surface area is 85.4 Å². The van der Waals surface area contributed by atoms with Crippen LogP contribution in [0.4, 0.5) is 4.79 Å². The van der Waals surface area contributed by atoms with Crippen LogP contribution in [-0.2, 0) is 4.74 Å².